The van der Waals surface area contributed by atoms with E-state index in [0.29, 0.717) is 25.0 Å². The molecule has 0 radical (unpaired) electrons. The van der Waals surface area contributed by atoms with Crippen LogP contribution in [0.25, 0.3) is 0 Å². The van der Waals surface area contributed by atoms with Gasteiger partial charge in [-0.2, -0.15) is 0 Å². The van der Waals surface area contributed by atoms with Crippen molar-refractivity contribution >= 4 is 11.9 Å². The first-order chi connectivity index (χ1) is 17.2. The predicted octanol–water partition coefficient (Wildman–Crippen LogP) is 2.74. The van der Waals surface area contributed by atoms with Crippen LogP contribution in [0.5, 0.6) is 0 Å². The summed E-state index contributed by atoms with van der Waals surface area (Å²) < 4.78 is 0. The van der Waals surface area contributed by atoms with E-state index in [-0.39, 0.29) is 0 Å². The highest BCUT2D eigenvalue weighted by Crippen LogP contribution is 1.97. The van der Waals surface area contributed by atoms with Crippen molar-refractivity contribution < 1.29 is 0 Å². The molecule has 8 nitrogen and oxygen atoms in total. The van der Waals surface area contributed by atoms with Gasteiger partial charge in [0.15, 0.2) is 11.9 Å². The first-order valence-corrected chi connectivity index (χ1v) is 12.9. The number of guanidine groups is 2. The van der Waals surface area contributed by atoms with Crippen LogP contribution in [0.15, 0.2) is 60.7 Å². The first kappa shape index (κ1) is 28.1. The van der Waals surface area contributed by atoms with E-state index in [1.54, 1.807) is 0 Å². The Morgan fingerprint density at radius 1 is 0.457 bits per heavy atom. The van der Waals surface area contributed by atoms with Crippen LogP contribution in [-0.2, 0) is 13.1 Å². The molecular formula is C27H44N8. The fourth-order valence-electron chi connectivity index (χ4n) is 3.48. The molecule has 2 aromatic carbocycles. The molecule has 8 N–H and O–H groups in total. The summed E-state index contributed by atoms with van der Waals surface area (Å²) in [4.78, 5) is 0. The summed E-state index contributed by atoms with van der Waals surface area (Å²) in [7, 11) is 0. The molecule has 0 bridgehead atoms. The van der Waals surface area contributed by atoms with E-state index < -0.39 is 0 Å². The van der Waals surface area contributed by atoms with Crippen LogP contribution >= 0.6 is 0 Å². The van der Waals surface area contributed by atoms with Crippen molar-refractivity contribution in [3.05, 3.63) is 71.8 Å². The van der Waals surface area contributed by atoms with Crippen molar-refractivity contribution in [2.75, 3.05) is 39.3 Å². The lowest BCUT2D eigenvalue weighted by molar-refractivity contribution is 0.556. The van der Waals surface area contributed by atoms with Gasteiger partial charge in [-0.05, 0) is 63.0 Å². The molecule has 0 atom stereocenters. The van der Waals surface area contributed by atoms with Gasteiger partial charge in [-0.1, -0.05) is 67.1 Å². The zero-order valence-corrected chi connectivity index (χ0v) is 21.0. The van der Waals surface area contributed by atoms with Gasteiger partial charge in [-0.15, -0.1) is 0 Å². The fourth-order valence-corrected chi connectivity index (χ4v) is 3.48. The number of hydrogen-bond acceptors (Lipinski definition) is 4. The number of rotatable bonds is 18. The highest BCUT2D eigenvalue weighted by molar-refractivity contribution is 5.76. The van der Waals surface area contributed by atoms with E-state index in [4.69, 9.17) is 10.8 Å². The molecule has 0 heterocycles. The van der Waals surface area contributed by atoms with Crippen molar-refractivity contribution in [1.29, 1.82) is 10.8 Å². The van der Waals surface area contributed by atoms with Crippen LogP contribution in [0.2, 0.25) is 0 Å². The van der Waals surface area contributed by atoms with E-state index in [1.807, 2.05) is 36.4 Å². The molecule has 0 unspecified atom stereocenters. The maximum Gasteiger partial charge on any atom is 0.188 e. The Bertz CT molecular complexity index is 730. The van der Waals surface area contributed by atoms with Gasteiger partial charge in [0.2, 0.25) is 0 Å². The summed E-state index contributed by atoms with van der Waals surface area (Å²) in [5, 5.41) is 35.2. The van der Waals surface area contributed by atoms with Crippen LogP contribution in [0.4, 0.5) is 0 Å². The Labute approximate surface area is 211 Å². The molecule has 35 heavy (non-hydrogen) atoms. The van der Waals surface area contributed by atoms with Gasteiger partial charge >= 0.3 is 0 Å². The van der Waals surface area contributed by atoms with Crippen molar-refractivity contribution in [3.63, 3.8) is 0 Å². The minimum absolute atomic E-state index is 0.384. The van der Waals surface area contributed by atoms with Crippen LogP contribution < -0.4 is 31.9 Å². The third kappa shape index (κ3) is 15.4. The standard InChI is InChI=1S/C27H44N8/c28-26(34-22-24-12-4-1-5-13-24)32-20-10-18-30-16-8-3-9-17-31-19-11-21-33-27(29)35-23-25-14-6-2-7-15-25/h1-2,4-7,12-15,30-31H,3,8-11,16-23H2,(H3,28,32,34)(H3,29,33,35). The highest BCUT2D eigenvalue weighted by atomic mass is 15.1. The first-order valence-electron chi connectivity index (χ1n) is 12.9. The average molecular weight is 481 g/mol. The molecule has 0 saturated carbocycles. The molecule has 0 aromatic heterocycles. The molecular weight excluding hydrogens is 436 g/mol. The fraction of sp³-hybridized carbons (Fsp3) is 0.481. The smallest absolute Gasteiger partial charge is 0.188 e. The van der Waals surface area contributed by atoms with Gasteiger partial charge in [0.25, 0.3) is 0 Å². The highest BCUT2D eigenvalue weighted by Gasteiger charge is 1.98. The second-order valence-corrected chi connectivity index (χ2v) is 8.55. The Balaban J connectivity index is 1.26. The third-order valence-corrected chi connectivity index (χ3v) is 5.50. The summed E-state index contributed by atoms with van der Waals surface area (Å²) in [5.74, 6) is 0.769. The van der Waals surface area contributed by atoms with Gasteiger partial charge in [0, 0.05) is 26.2 Å². The largest absolute Gasteiger partial charge is 0.357 e. The minimum atomic E-state index is 0.384. The average Bonchev–Trinajstić information content (AvgIpc) is 2.89. The lowest BCUT2D eigenvalue weighted by Gasteiger charge is -2.11. The molecule has 0 saturated heterocycles. The number of nitrogens with one attached hydrogen (secondary N) is 8. The molecule has 0 aliphatic rings. The molecule has 2 rings (SSSR count). The molecule has 0 amide bonds. The van der Waals surface area contributed by atoms with Crippen molar-refractivity contribution in [2.45, 2.75) is 45.2 Å². The van der Waals surface area contributed by atoms with E-state index in [9.17, 15) is 0 Å². The van der Waals surface area contributed by atoms with Crippen molar-refractivity contribution in [2.24, 2.45) is 0 Å². The van der Waals surface area contributed by atoms with Crippen molar-refractivity contribution in [3.8, 4) is 0 Å². The van der Waals surface area contributed by atoms with E-state index >= 15 is 0 Å². The van der Waals surface area contributed by atoms with Gasteiger partial charge in [0.1, 0.15) is 0 Å². The molecule has 192 valence electrons. The molecule has 0 aliphatic carbocycles. The van der Waals surface area contributed by atoms with Crippen LogP contribution in [0.3, 0.4) is 0 Å². The monoisotopic (exact) mass is 480 g/mol. The SMILES string of the molecule is N=C(NCCCNCCCCCNCCCNC(=N)NCc1ccccc1)NCc1ccccc1. The van der Waals surface area contributed by atoms with Crippen LogP contribution in [-0.4, -0.2) is 51.2 Å². The Morgan fingerprint density at radius 2 is 0.857 bits per heavy atom. The lowest BCUT2D eigenvalue weighted by atomic mass is 10.2. The maximum absolute atomic E-state index is 7.90. The molecule has 0 fully saturated rings. The van der Waals surface area contributed by atoms with Crippen LogP contribution in [0, 0.1) is 10.8 Å². The molecule has 2 aromatic rings. The zero-order valence-electron chi connectivity index (χ0n) is 21.0. The number of benzene rings is 2. The Kier molecular flexibility index (Phi) is 15.5. The summed E-state index contributed by atoms with van der Waals surface area (Å²) >= 11 is 0. The predicted molar refractivity (Wildman–Crippen MR) is 147 cm³/mol. The van der Waals surface area contributed by atoms with Gasteiger partial charge in [-0.3, -0.25) is 10.8 Å². The van der Waals surface area contributed by atoms with Gasteiger partial charge in [0.05, 0.1) is 0 Å². The normalized spacial score (nSPS) is 10.5. The molecule has 0 spiro atoms. The number of hydrogen-bond donors (Lipinski definition) is 8. The quantitative estimate of drug-likeness (QED) is 0.0944. The molecule has 8 heteroatoms. The zero-order chi connectivity index (χ0) is 24.8. The number of unbranched alkanes of at least 4 members (excludes halogenated alkanes) is 2. The topological polar surface area (TPSA) is 120 Å². The summed E-state index contributed by atoms with van der Waals surface area (Å²) in [6, 6.07) is 20.3. The third-order valence-electron chi connectivity index (χ3n) is 5.50. The van der Waals surface area contributed by atoms with Gasteiger partial charge < -0.3 is 31.9 Å². The van der Waals surface area contributed by atoms with Crippen LogP contribution in [0.1, 0.15) is 43.2 Å². The van der Waals surface area contributed by atoms with Crippen molar-refractivity contribution in [1.82, 2.24) is 31.9 Å². The lowest BCUT2D eigenvalue weighted by Crippen LogP contribution is -2.37. The second kappa shape index (κ2) is 19.2. The van der Waals surface area contributed by atoms with Gasteiger partial charge in [-0.25, -0.2) is 0 Å². The Morgan fingerprint density at radius 3 is 1.29 bits per heavy atom. The molecule has 0 aliphatic heterocycles. The maximum atomic E-state index is 7.90. The Hall–Kier alpha value is -3.10. The summed E-state index contributed by atoms with van der Waals surface area (Å²) in [6.45, 7) is 6.99. The van der Waals surface area contributed by atoms with E-state index in [1.165, 1.54) is 30.4 Å². The van der Waals surface area contributed by atoms with E-state index in [2.05, 4.69) is 56.2 Å². The van der Waals surface area contributed by atoms with E-state index in [0.717, 1.165) is 52.1 Å². The minimum Gasteiger partial charge on any atom is -0.357 e. The second-order valence-electron chi connectivity index (χ2n) is 8.55. The summed E-state index contributed by atoms with van der Waals surface area (Å²) in [5.41, 5.74) is 2.36. The summed E-state index contributed by atoms with van der Waals surface area (Å²) in [6.07, 6.45) is 5.61.